The van der Waals surface area contributed by atoms with Crippen molar-refractivity contribution in [2.75, 3.05) is 5.32 Å². The summed E-state index contributed by atoms with van der Waals surface area (Å²) in [7, 11) is 0. The molecule has 0 aromatic heterocycles. The van der Waals surface area contributed by atoms with Crippen LogP contribution in [0.4, 0.5) is 24.5 Å². The molecule has 19 heavy (non-hydrogen) atoms. The summed E-state index contributed by atoms with van der Waals surface area (Å²) < 4.78 is 40.6. The molecule has 6 heteroatoms. The number of hydrogen-bond donors (Lipinski definition) is 1. The van der Waals surface area contributed by atoms with Crippen LogP contribution in [0.2, 0.25) is 0 Å². The molecule has 1 N–H and O–H groups in total. The van der Waals surface area contributed by atoms with Gasteiger partial charge in [-0.25, -0.2) is 13.2 Å². The van der Waals surface area contributed by atoms with E-state index in [1.54, 1.807) is 6.07 Å². The Balaban J connectivity index is 2.39. The molecule has 0 bridgehead atoms. The van der Waals surface area contributed by atoms with Gasteiger partial charge in [-0.2, -0.15) is 5.26 Å². The highest BCUT2D eigenvalue weighted by Crippen LogP contribution is 2.27. The summed E-state index contributed by atoms with van der Waals surface area (Å²) in [5.41, 5.74) is -0.0251. The first-order chi connectivity index (χ1) is 9.02. The van der Waals surface area contributed by atoms with Gasteiger partial charge >= 0.3 is 0 Å². The van der Waals surface area contributed by atoms with Crippen LogP contribution in [0.25, 0.3) is 0 Å². The Kier molecular flexibility index (Phi) is 3.95. The first-order valence-corrected chi connectivity index (χ1v) is 6.21. The molecule has 0 unspecified atom stereocenters. The Labute approximate surface area is 121 Å². The molecule has 0 spiro atoms. The van der Waals surface area contributed by atoms with Crippen LogP contribution in [0.5, 0.6) is 0 Å². The van der Waals surface area contributed by atoms with E-state index in [4.69, 9.17) is 5.26 Å². The zero-order valence-electron chi connectivity index (χ0n) is 9.35. The lowest BCUT2D eigenvalue weighted by atomic mass is 10.2. The van der Waals surface area contributed by atoms with Crippen LogP contribution in [0, 0.1) is 32.4 Å². The van der Waals surface area contributed by atoms with Crippen LogP contribution in [-0.4, -0.2) is 0 Å². The fraction of sp³-hybridized carbons (Fsp3) is 0. The molecule has 2 rings (SSSR count). The summed E-state index contributed by atoms with van der Waals surface area (Å²) in [6.07, 6.45) is 0. The van der Waals surface area contributed by atoms with E-state index in [0.29, 0.717) is 9.26 Å². The largest absolute Gasteiger partial charge is 0.352 e. The van der Waals surface area contributed by atoms with Gasteiger partial charge in [-0.3, -0.25) is 0 Å². The molecule has 0 aliphatic heterocycles. The number of nitrogens with zero attached hydrogens (tertiary/aromatic N) is 1. The Bertz CT molecular complexity index is 680. The molecular weight excluding hydrogens is 368 g/mol. The fourth-order valence-electron chi connectivity index (χ4n) is 1.47. The van der Waals surface area contributed by atoms with Gasteiger partial charge in [0, 0.05) is 3.57 Å². The van der Waals surface area contributed by atoms with E-state index in [1.165, 1.54) is 30.3 Å². The molecule has 0 aliphatic rings. The van der Waals surface area contributed by atoms with Crippen molar-refractivity contribution >= 4 is 34.0 Å². The molecule has 0 atom stereocenters. The number of nitriles is 1. The molecule has 0 amide bonds. The van der Waals surface area contributed by atoms with Crippen molar-refractivity contribution in [1.82, 2.24) is 0 Å². The van der Waals surface area contributed by atoms with Gasteiger partial charge in [-0.05, 0) is 52.9 Å². The predicted molar refractivity (Wildman–Crippen MR) is 73.5 cm³/mol. The maximum atomic E-state index is 13.7. The van der Waals surface area contributed by atoms with E-state index in [-0.39, 0.29) is 11.3 Å². The molecule has 0 saturated heterocycles. The third-order valence-corrected chi connectivity index (χ3v) is 3.30. The van der Waals surface area contributed by atoms with Gasteiger partial charge in [0.05, 0.1) is 16.9 Å². The first-order valence-electron chi connectivity index (χ1n) is 5.13. The molecule has 2 aromatic rings. The van der Waals surface area contributed by atoms with Crippen LogP contribution >= 0.6 is 22.6 Å². The number of rotatable bonds is 2. The molecular formula is C13H6F3IN2. The predicted octanol–water partition coefficient (Wildman–Crippen LogP) is 4.32. The molecule has 0 heterocycles. The number of nitrogens with one attached hydrogen (secondary N) is 1. The van der Waals surface area contributed by atoms with E-state index in [0.717, 1.165) is 0 Å². The number of benzene rings is 2. The normalized spacial score (nSPS) is 10.1. The van der Waals surface area contributed by atoms with Gasteiger partial charge in [0.1, 0.15) is 11.9 Å². The minimum atomic E-state index is -1.20. The van der Waals surface area contributed by atoms with Crippen molar-refractivity contribution in [2.45, 2.75) is 0 Å². The minimum absolute atomic E-state index is 0.110. The summed E-state index contributed by atoms with van der Waals surface area (Å²) in [5, 5.41) is 11.2. The lowest BCUT2D eigenvalue weighted by Crippen LogP contribution is -2.00. The highest BCUT2D eigenvalue weighted by atomic mass is 127. The van der Waals surface area contributed by atoms with Gasteiger partial charge in [-0.15, -0.1) is 0 Å². The smallest absolute Gasteiger partial charge is 0.183 e. The van der Waals surface area contributed by atoms with E-state index in [1.807, 2.05) is 22.6 Å². The highest BCUT2D eigenvalue weighted by molar-refractivity contribution is 14.1. The van der Waals surface area contributed by atoms with Crippen molar-refractivity contribution in [2.24, 2.45) is 0 Å². The Morgan fingerprint density at radius 3 is 2.32 bits per heavy atom. The highest BCUT2D eigenvalue weighted by Gasteiger charge is 2.14. The number of anilines is 2. The summed E-state index contributed by atoms with van der Waals surface area (Å²) in [5.74, 6) is -2.76. The molecule has 96 valence electrons. The Morgan fingerprint density at radius 1 is 1.00 bits per heavy atom. The zero-order valence-corrected chi connectivity index (χ0v) is 11.5. The Morgan fingerprint density at radius 2 is 1.68 bits per heavy atom. The zero-order chi connectivity index (χ0) is 14.0. The second-order valence-corrected chi connectivity index (χ2v) is 4.81. The van der Waals surface area contributed by atoms with Crippen molar-refractivity contribution in [3.8, 4) is 6.07 Å². The summed E-state index contributed by atoms with van der Waals surface area (Å²) >= 11 is 1.88. The summed E-state index contributed by atoms with van der Waals surface area (Å²) in [4.78, 5) is 0. The van der Waals surface area contributed by atoms with E-state index in [2.05, 4.69) is 5.32 Å². The van der Waals surface area contributed by atoms with E-state index < -0.39 is 17.5 Å². The van der Waals surface area contributed by atoms with Crippen LogP contribution in [0.1, 0.15) is 5.56 Å². The SMILES string of the molecule is N#Cc1ccc(Nc2ccc(F)cc2I)c(F)c1F. The average molecular weight is 374 g/mol. The van der Waals surface area contributed by atoms with Crippen molar-refractivity contribution < 1.29 is 13.2 Å². The molecule has 0 aliphatic carbocycles. The molecule has 2 nitrogen and oxygen atoms in total. The lowest BCUT2D eigenvalue weighted by molar-refractivity contribution is 0.509. The standard InChI is InChI=1S/C13H6F3IN2/c14-8-2-4-10(9(17)5-8)19-11-3-1-7(6-18)12(15)13(11)16/h1-5,19H. The third-order valence-electron chi connectivity index (χ3n) is 2.40. The van der Waals surface area contributed by atoms with Gasteiger partial charge in [-0.1, -0.05) is 0 Å². The summed E-state index contributed by atoms with van der Waals surface area (Å²) in [6, 6.07) is 7.89. The molecule has 2 aromatic carbocycles. The van der Waals surface area contributed by atoms with Gasteiger partial charge < -0.3 is 5.32 Å². The Hall–Kier alpha value is -1.75. The van der Waals surface area contributed by atoms with Gasteiger partial charge in [0.15, 0.2) is 11.6 Å². The van der Waals surface area contributed by atoms with Crippen LogP contribution in [-0.2, 0) is 0 Å². The number of hydrogen-bond acceptors (Lipinski definition) is 2. The van der Waals surface area contributed by atoms with E-state index >= 15 is 0 Å². The van der Waals surface area contributed by atoms with Crippen LogP contribution in [0.3, 0.4) is 0 Å². The van der Waals surface area contributed by atoms with Crippen molar-refractivity contribution in [1.29, 1.82) is 5.26 Å². The second kappa shape index (κ2) is 5.48. The quantitative estimate of drug-likeness (QED) is 0.795. The topological polar surface area (TPSA) is 35.8 Å². The van der Waals surface area contributed by atoms with Crippen LogP contribution < -0.4 is 5.32 Å². The van der Waals surface area contributed by atoms with Gasteiger partial charge in [0.2, 0.25) is 0 Å². The van der Waals surface area contributed by atoms with Crippen molar-refractivity contribution in [3.05, 3.63) is 56.9 Å². The fourth-order valence-corrected chi connectivity index (χ4v) is 2.08. The molecule has 0 saturated carbocycles. The maximum Gasteiger partial charge on any atom is 0.183 e. The first kappa shape index (κ1) is 13.7. The van der Waals surface area contributed by atoms with Crippen molar-refractivity contribution in [3.63, 3.8) is 0 Å². The van der Waals surface area contributed by atoms with Crippen LogP contribution in [0.15, 0.2) is 30.3 Å². The monoisotopic (exact) mass is 374 g/mol. The van der Waals surface area contributed by atoms with E-state index in [9.17, 15) is 13.2 Å². The third kappa shape index (κ3) is 2.81. The maximum absolute atomic E-state index is 13.7. The number of halogens is 4. The lowest BCUT2D eigenvalue weighted by Gasteiger charge is -2.10. The summed E-state index contributed by atoms with van der Waals surface area (Å²) in [6.45, 7) is 0. The molecule has 0 radical (unpaired) electrons. The minimum Gasteiger partial charge on any atom is -0.352 e. The molecule has 0 fully saturated rings. The second-order valence-electron chi connectivity index (χ2n) is 3.65. The van der Waals surface area contributed by atoms with Gasteiger partial charge in [0.25, 0.3) is 0 Å². The average Bonchev–Trinajstić information content (AvgIpc) is 2.38.